The van der Waals surface area contributed by atoms with Crippen LogP contribution < -0.4 is 10.2 Å². The second kappa shape index (κ2) is 9.38. The molecule has 0 bridgehead atoms. The molecule has 2 aromatic rings. The summed E-state index contributed by atoms with van der Waals surface area (Å²) in [6, 6.07) is 17.6. The number of anilines is 2. The van der Waals surface area contributed by atoms with Crippen LogP contribution in [0.15, 0.2) is 59.8 Å². The molecule has 0 aromatic heterocycles. The lowest BCUT2D eigenvalue weighted by molar-refractivity contribution is 0.155. The molecule has 29 heavy (non-hydrogen) atoms. The summed E-state index contributed by atoms with van der Waals surface area (Å²) in [5, 5.41) is 20.8. The third-order valence-electron chi connectivity index (χ3n) is 4.59. The number of ether oxygens (including phenoxy) is 1. The largest absolute Gasteiger partial charge is 0.444 e. The average Bonchev–Trinajstić information content (AvgIpc) is 3.21. The van der Waals surface area contributed by atoms with Crippen LogP contribution in [0.25, 0.3) is 0 Å². The lowest BCUT2D eigenvalue weighted by atomic mass is 10.2. The smallest absolute Gasteiger partial charge is 0.412 e. The van der Waals surface area contributed by atoms with Gasteiger partial charge in [-0.3, -0.25) is 5.32 Å². The predicted molar refractivity (Wildman–Crippen MR) is 106 cm³/mol. The van der Waals surface area contributed by atoms with Crippen LogP contribution in [0.2, 0.25) is 0 Å². The van der Waals surface area contributed by atoms with Gasteiger partial charge in [-0.25, -0.2) is 9.18 Å². The molecule has 1 aliphatic rings. The van der Waals surface area contributed by atoms with Crippen LogP contribution in [0.5, 0.6) is 0 Å². The Balaban J connectivity index is 1.71. The summed E-state index contributed by atoms with van der Waals surface area (Å²) in [4.78, 5) is 13.6. The van der Waals surface area contributed by atoms with E-state index in [0.29, 0.717) is 24.1 Å². The van der Waals surface area contributed by atoms with E-state index in [0.717, 1.165) is 17.7 Å². The Labute approximate surface area is 168 Å². The fourth-order valence-electron chi connectivity index (χ4n) is 3.20. The molecule has 146 valence electrons. The lowest BCUT2D eigenvalue weighted by Crippen LogP contribution is -2.23. The molecule has 3 rings (SSSR count). The molecule has 0 saturated carbocycles. The van der Waals surface area contributed by atoms with Gasteiger partial charge in [0.1, 0.15) is 19.0 Å². The van der Waals surface area contributed by atoms with Crippen LogP contribution in [0.1, 0.15) is 24.8 Å². The molecule has 0 atom stereocenters. The number of rotatable bonds is 6. The molecule has 2 aromatic carbocycles. The van der Waals surface area contributed by atoms with Gasteiger partial charge in [-0.15, -0.1) is 0 Å². The summed E-state index contributed by atoms with van der Waals surface area (Å²) < 4.78 is 19.7. The zero-order valence-electron chi connectivity index (χ0n) is 15.7. The van der Waals surface area contributed by atoms with E-state index in [4.69, 9.17) is 10.00 Å². The van der Waals surface area contributed by atoms with Crippen molar-refractivity contribution < 1.29 is 13.9 Å². The molecule has 0 aliphatic heterocycles. The monoisotopic (exact) mass is 390 g/mol. The van der Waals surface area contributed by atoms with E-state index < -0.39 is 11.9 Å². The topological polar surface area (TPSA) is 89.2 Å². The first kappa shape index (κ1) is 19.9. The van der Waals surface area contributed by atoms with E-state index in [1.165, 1.54) is 12.1 Å². The van der Waals surface area contributed by atoms with Crippen molar-refractivity contribution in [3.05, 3.63) is 71.2 Å². The second-order valence-corrected chi connectivity index (χ2v) is 6.49. The van der Waals surface area contributed by atoms with Gasteiger partial charge in [0.2, 0.25) is 0 Å². The van der Waals surface area contributed by atoms with E-state index in [1.807, 2.05) is 30.3 Å². The Hall–Kier alpha value is -3.84. The molecule has 0 fully saturated rings. The zero-order chi connectivity index (χ0) is 20.6. The normalized spacial score (nSPS) is 12.8. The number of carbonyl (C=O) groups is 1. The molecule has 7 heteroatoms. The first-order valence-electron chi connectivity index (χ1n) is 9.16. The number of amides is 1. The number of hydrogen-bond acceptors (Lipinski definition) is 5. The minimum atomic E-state index is -0.764. The van der Waals surface area contributed by atoms with Crippen molar-refractivity contribution in [1.82, 2.24) is 0 Å². The highest BCUT2D eigenvalue weighted by molar-refractivity contribution is 5.85. The van der Waals surface area contributed by atoms with E-state index in [9.17, 15) is 14.4 Å². The number of allylic oxidation sites excluding steroid dienone is 2. The molecule has 0 heterocycles. The maximum atomic E-state index is 14.6. The average molecular weight is 390 g/mol. The Kier molecular flexibility index (Phi) is 6.44. The van der Waals surface area contributed by atoms with Crippen molar-refractivity contribution in [3.63, 3.8) is 0 Å². The molecule has 0 unspecified atom stereocenters. The Morgan fingerprint density at radius 2 is 1.97 bits per heavy atom. The van der Waals surface area contributed by atoms with Crippen molar-refractivity contribution in [1.29, 1.82) is 10.5 Å². The molecule has 0 saturated heterocycles. The number of hydrogen-bond donors (Lipinski definition) is 1. The molecule has 1 aliphatic carbocycles. The van der Waals surface area contributed by atoms with Crippen LogP contribution in [0.3, 0.4) is 0 Å². The summed E-state index contributed by atoms with van der Waals surface area (Å²) in [6.07, 6.45) is 1.39. The number of benzene rings is 2. The standard InChI is InChI=1S/C22H19FN4O2/c23-19-13-18(27(12-11-24)21-8-4-7-17(21)14-25)9-10-20(19)26-22(28)29-15-16-5-2-1-3-6-16/h1-3,5-6,9-10,13H,4,7-8,12,15H2,(H,26,28). The van der Waals surface area contributed by atoms with Gasteiger partial charge in [0.25, 0.3) is 0 Å². The highest BCUT2D eigenvalue weighted by Crippen LogP contribution is 2.33. The molecular weight excluding hydrogens is 371 g/mol. The quantitative estimate of drug-likeness (QED) is 0.711. The van der Waals surface area contributed by atoms with Gasteiger partial charge in [0.05, 0.1) is 17.8 Å². The highest BCUT2D eigenvalue weighted by atomic mass is 19.1. The Morgan fingerprint density at radius 1 is 1.17 bits per heavy atom. The van der Waals surface area contributed by atoms with E-state index >= 15 is 0 Å². The molecule has 0 radical (unpaired) electrons. The summed E-state index contributed by atoms with van der Waals surface area (Å²) in [5.74, 6) is -0.654. The van der Waals surface area contributed by atoms with Crippen LogP contribution in [0.4, 0.5) is 20.6 Å². The van der Waals surface area contributed by atoms with Crippen molar-refractivity contribution in [2.45, 2.75) is 25.9 Å². The van der Waals surface area contributed by atoms with Crippen molar-refractivity contribution in [2.75, 3.05) is 16.8 Å². The Morgan fingerprint density at radius 3 is 2.66 bits per heavy atom. The predicted octanol–water partition coefficient (Wildman–Crippen LogP) is 4.87. The van der Waals surface area contributed by atoms with E-state index in [1.54, 1.807) is 11.0 Å². The maximum Gasteiger partial charge on any atom is 0.412 e. The molecule has 6 nitrogen and oxygen atoms in total. The summed E-state index contributed by atoms with van der Waals surface area (Å²) >= 11 is 0. The number of nitrogens with zero attached hydrogens (tertiary/aromatic N) is 3. The highest BCUT2D eigenvalue weighted by Gasteiger charge is 2.22. The van der Waals surface area contributed by atoms with Crippen molar-refractivity contribution >= 4 is 17.5 Å². The van der Waals surface area contributed by atoms with Gasteiger partial charge in [-0.05, 0) is 43.0 Å². The third kappa shape index (κ3) is 4.91. The first-order chi connectivity index (χ1) is 14.1. The van der Waals surface area contributed by atoms with E-state index in [2.05, 4.69) is 17.5 Å². The van der Waals surface area contributed by atoms with Crippen LogP contribution in [-0.4, -0.2) is 12.6 Å². The van der Waals surface area contributed by atoms with Gasteiger partial charge in [0.15, 0.2) is 0 Å². The van der Waals surface area contributed by atoms with Gasteiger partial charge < -0.3 is 9.64 Å². The Bertz CT molecular complexity index is 1010. The zero-order valence-corrected chi connectivity index (χ0v) is 15.7. The van der Waals surface area contributed by atoms with Crippen molar-refractivity contribution in [2.24, 2.45) is 0 Å². The van der Waals surface area contributed by atoms with Gasteiger partial charge in [0, 0.05) is 17.0 Å². The number of carbonyl (C=O) groups excluding carboxylic acids is 1. The maximum absolute atomic E-state index is 14.6. The van der Waals surface area contributed by atoms with Crippen molar-refractivity contribution in [3.8, 4) is 12.1 Å². The molecule has 1 N–H and O–H groups in total. The first-order valence-corrected chi connectivity index (χ1v) is 9.16. The van der Waals surface area contributed by atoms with Crippen LogP contribution in [-0.2, 0) is 11.3 Å². The second-order valence-electron chi connectivity index (χ2n) is 6.49. The number of halogens is 1. The third-order valence-corrected chi connectivity index (χ3v) is 4.59. The fraction of sp³-hybridized carbons (Fsp3) is 0.227. The van der Waals surface area contributed by atoms with E-state index in [-0.39, 0.29) is 18.8 Å². The minimum absolute atomic E-state index is 0.00580. The minimum Gasteiger partial charge on any atom is -0.444 e. The molecular formula is C22H19FN4O2. The van der Waals surface area contributed by atoms with Gasteiger partial charge >= 0.3 is 6.09 Å². The lowest BCUT2D eigenvalue weighted by Gasteiger charge is -2.24. The summed E-state index contributed by atoms with van der Waals surface area (Å²) in [5.41, 5.74) is 2.62. The fourth-order valence-corrected chi connectivity index (χ4v) is 3.20. The summed E-state index contributed by atoms with van der Waals surface area (Å²) in [6.45, 7) is 0.0826. The van der Waals surface area contributed by atoms with Crippen LogP contribution in [0, 0.1) is 28.5 Å². The number of nitriles is 2. The molecule has 1 amide bonds. The summed E-state index contributed by atoms with van der Waals surface area (Å²) in [7, 11) is 0. The number of nitrogens with one attached hydrogen (secondary N) is 1. The molecule has 0 spiro atoms. The van der Waals surface area contributed by atoms with Crippen LogP contribution >= 0.6 is 0 Å². The SMILES string of the molecule is N#CCN(C1=C(C#N)CCC1)c1ccc(NC(=O)OCc2ccccc2)c(F)c1. The van der Waals surface area contributed by atoms with Gasteiger partial charge in [-0.1, -0.05) is 30.3 Å². The van der Waals surface area contributed by atoms with Gasteiger partial charge in [-0.2, -0.15) is 10.5 Å².